The van der Waals surface area contributed by atoms with E-state index in [2.05, 4.69) is 68.9 Å². The van der Waals surface area contributed by atoms with Gasteiger partial charge in [0, 0.05) is 5.56 Å². The van der Waals surface area contributed by atoms with Crippen LogP contribution >= 0.6 is 12.6 Å². The van der Waals surface area contributed by atoms with E-state index in [-0.39, 0.29) is 0 Å². The lowest BCUT2D eigenvalue weighted by Crippen LogP contribution is -1.96. The number of fused-ring (bicyclic) bond motifs is 1. The summed E-state index contributed by atoms with van der Waals surface area (Å²) in [6.45, 7) is 4.25. The average molecular weight is 294 g/mol. The van der Waals surface area contributed by atoms with Gasteiger partial charge in [0.1, 0.15) is 5.75 Å². The van der Waals surface area contributed by atoms with E-state index in [4.69, 9.17) is 4.74 Å². The van der Waals surface area contributed by atoms with Crippen LogP contribution in [-0.4, -0.2) is 7.11 Å². The van der Waals surface area contributed by atoms with Gasteiger partial charge in [-0.15, -0.1) is 12.6 Å². The maximum absolute atomic E-state index is 5.61. The van der Waals surface area contributed by atoms with Gasteiger partial charge in [0.2, 0.25) is 0 Å². The van der Waals surface area contributed by atoms with E-state index in [1.165, 1.54) is 22.1 Å². The molecule has 0 radical (unpaired) electrons. The van der Waals surface area contributed by atoms with E-state index in [0.717, 1.165) is 21.6 Å². The molecule has 1 nitrogen and oxygen atoms in total. The van der Waals surface area contributed by atoms with Crippen molar-refractivity contribution in [3.8, 4) is 16.9 Å². The number of rotatable bonds is 2. The number of aryl methyl sites for hydroxylation is 1. The van der Waals surface area contributed by atoms with Gasteiger partial charge >= 0.3 is 0 Å². The molecule has 0 amide bonds. The third-order valence-corrected chi connectivity index (χ3v) is 4.44. The number of hydrogen-bond donors (Lipinski definition) is 1. The Labute approximate surface area is 131 Å². The van der Waals surface area contributed by atoms with Gasteiger partial charge < -0.3 is 4.74 Å². The van der Waals surface area contributed by atoms with Gasteiger partial charge in [0.25, 0.3) is 0 Å². The van der Waals surface area contributed by atoms with E-state index < -0.39 is 0 Å². The number of methoxy groups -OCH3 is 1. The highest BCUT2D eigenvalue weighted by atomic mass is 32.1. The Hall–Kier alpha value is -1.93. The third kappa shape index (κ3) is 2.20. The van der Waals surface area contributed by atoms with Crippen LogP contribution in [0.15, 0.2) is 53.4 Å². The monoisotopic (exact) mass is 294 g/mol. The molecule has 0 atom stereocenters. The summed E-state index contributed by atoms with van der Waals surface area (Å²) in [6, 6.07) is 16.8. The molecule has 3 aromatic carbocycles. The largest absolute Gasteiger partial charge is 0.495 e. The summed E-state index contributed by atoms with van der Waals surface area (Å²) >= 11 is 4.67. The van der Waals surface area contributed by atoms with Gasteiger partial charge in [-0.05, 0) is 41.3 Å². The van der Waals surface area contributed by atoms with Crippen LogP contribution < -0.4 is 4.74 Å². The van der Waals surface area contributed by atoms with E-state index in [1.54, 1.807) is 7.11 Å². The summed E-state index contributed by atoms with van der Waals surface area (Å²) in [7, 11) is 1.71. The number of hydrogen-bond acceptors (Lipinski definition) is 2. The highest BCUT2D eigenvalue weighted by molar-refractivity contribution is 7.80. The molecule has 3 rings (SSSR count). The van der Waals surface area contributed by atoms with Crippen molar-refractivity contribution in [2.75, 3.05) is 7.11 Å². The zero-order valence-electron chi connectivity index (χ0n) is 12.5. The van der Waals surface area contributed by atoms with E-state index >= 15 is 0 Å². The molecule has 0 spiro atoms. The average Bonchev–Trinajstić information content (AvgIpc) is 2.50. The quantitative estimate of drug-likeness (QED) is 0.621. The van der Waals surface area contributed by atoms with Crippen molar-refractivity contribution in [2.45, 2.75) is 18.7 Å². The molecule has 0 aromatic heterocycles. The lowest BCUT2D eigenvalue weighted by molar-refractivity contribution is 0.403. The minimum Gasteiger partial charge on any atom is -0.495 e. The standard InChI is InChI=1S/C19H18OS/c1-12-8-4-5-9-14(12)17-13(2)18(20-3)19(21)16-11-7-6-10-15(16)17/h4-11,21H,1-3H3. The molecule has 106 valence electrons. The fraction of sp³-hybridized carbons (Fsp3) is 0.158. The minimum absolute atomic E-state index is 0.857. The molecule has 2 heteroatoms. The van der Waals surface area contributed by atoms with Crippen molar-refractivity contribution in [2.24, 2.45) is 0 Å². The van der Waals surface area contributed by atoms with Crippen molar-refractivity contribution in [3.63, 3.8) is 0 Å². The van der Waals surface area contributed by atoms with Crippen molar-refractivity contribution in [3.05, 3.63) is 59.7 Å². The van der Waals surface area contributed by atoms with E-state index in [0.29, 0.717) is 0 Å². The molecular formula is C19H18OS. The number of benzene rings is 3. The van der Waals surface area contributed by atoms with Gasteiger partial charge in [-0.1, -0.05) is 48.5 Å². The maximum Gasteiger partial charge on any atom is 0.136 e. The fourth-order valence-corrected chi connectivity index (χ4v) is 3.43. The first-order valence-corrected chi connectivity index (χ1v) is 7.44. The van der Waals surface area contributed by atoms with E-state index in [1.807, 2.05) is 6.07 Å². The van der Waals surface area contributed by atoms with Gasteiger partial charge in [-0.3, -0.25) is 0 Å². The summed E-state index contributed by atoms with van der Waals surface area (Å²) in [5.41, 5.74) is 4.88. The van der Waals surface area contributed by atoms with Crippen molar-refractivity contribution < 1.29 is 4.74 Å². The van der Waals surface area contributed by atoms with Crippen molar-refractivity contribution in [1.82, 2.24) is 0 Å². The Kier molecular flexibility index (Phi) is 3.64. The zero-order chi connectivity index (χ0) is 15.0. The van der Waals surface area contributed by atoms with Crippen LogP contribution in [0.2, 0.25) is 0 Å². The Morgan fingerprint density at radius 1 is 0.857 bits per heavy atom. The predicted molar refractivity (Wildman–Crippen MR) is 92.7 cm³/mol. The van der Waals surface area contributed by atoms with Gasteiger partial charge in [0.15, 0.2) is 0 Å². The second kappa shape index (κ2) is 5.45. The van der Waals surface area contributed by atoms with Crippen LogP contribution in [0.3, 0.4) is 0 Å². The second-order valence-electron chi connectivity index (χ2n) is 5.24. The zero-order valence-corrected chi connectivity index (χ0v) is 13.4. The maximum atomic E-state index is 5.61. The summed E-state index contributed by atoms with van der Waals surface area (Å²) in [5.74, 6) is 0.857. The smallest absolute Gasteiger partial charge is 0.136 e. The van der Waals surface area contributed by atoms with Crippen LogP contribution in [-0.2, 0) is 0 Å². The molecule has 0 heterocycles. The Morgan fingerprint density at radius 3 is 2.14 bits per heavy atom. The molecule has 3 aromatic rings. The van der Waals surface area contributed by atoms with Gasteiger partial charge in [0.05, 0.1) is 12.0 Å². The number of ether oxygens (including phenoxy) is 1. The molecule has 0 saturated heterocycles. The lowest BCUT2D eigenvalue weighted by Gasteiger charge is -2.18. The van der Waals surface area contributed by atoms with Crippen LogP contribution in [0, 0.1) is 13.8 Å². The Balaban J connectivity index is 2.50. The second-order valence-corrected chi connectivity index (χ2v) is 5.69. The molecule has 0 aliphatic rings. The lowest BCUT2D eigenvalue weighted by atomic mass is 9.91. The van der Waals surface area contributed by atoms with Crippen molar-refractivity contribution in [1.29, 1.82) is 0 Å². The summed E-state index contributed by atoms with van der Waals surface area (Å²) in [4.78, 5) is 0.905. The third-order valence-electron chi connectivity index (χ3n) is 4.00. The molecule has 0 saturated carbocycles. The summed E-state index contributed by atoms with van der Waals surface area (Å²) in [5, 5.41) is 2.34. The van der Waals surface area contributed by atoms with Crippen LogP contribution in [0.5, 0.6) is 5.75 Å². The Bertz CT molecular complexity index is 821. The molecule has 0 fully saturated rings. The number of thiol groups is 1. The fourth-order valence-electron chi connectivity index (χ4n) is 2.97. The van der Waals surface area contributed by atoms with E-state index in [9.17, 15) is 0 Å². The van der Waals surface area contributed by atoms with Crippen LogP contribution in [0.1, 0.15) is 11.1 Å². The SMILES string of the molecule is COc1c(C)c(-c2ccccc2C)c2ccccc2c1S. The molecule has 0 bridgehead atoms. The van der Waals surface area contributed by atoms with Gasteiger partial charge in [-0.2, -0.15) is 0 Å². The Morgan fingerprint density at radius 2 is 1.48 bits per heavy atom. The minimum atomic E-state index is 0.857. The molecule has 0 N–H and O–H groups in total. The molecule has 0 aliphatic carbocycles. The molecule has 0 unspecified atom stereocenters. The molecule has 21 heavy (non-hydrogen) atoms. The molecule has 0 aliphatic heterocycles. The first-order valence-electron chi connectivity index (χ1n) is 6.99. The van der Waals surface area contributed by atoms with Gasteiger partial charge in [-0.25, -0.2) is 0 Å². The van der Waals surface area contributed by atoms with Crippen molar-refractivity contribution >= 4 is 23.4 Å². The summed E-state index contributed by atoms with van der Waals surface area (Å²) in [6.07, 6.45) is 0. The first-order chi connectivity index (χ1) is 10.1. The molecular weight excluding hydrogens is 276 g/mol. The van der Waals surface area contributed by atoms with Crippen LogP contribution in [0.25, 0.3) is 21.9 Å². The normalized spacial score (nSPS) is 10.9. The summed E-state index contributed by atoms with van der Waals surface area (Å²) < 4.78 is 5.61. The highest BCUT2D eigenvalue weighted by Gasteiger charge is 2.17. The first kappa shape index (κ1) is 14.0. The topological polar surface area (TPSA) is 9.23 Å². The predicted octanol–water partition coefficient (Wildman–Crippen LogP) is 5.42. The highest BCUT2D eigenvalue weighted by Crippen LogP contribution is 2.43. The van der Waals surface area contributed by atoms with Crippen LogP contribution in [0.4, 0.5) is 0 Å².